The van der Waals surface area contributed by atoms with E-state index in [0.29, 0.717) is 12.3 Å². The summed E-state index contributed by atoms with van der Waals surface area (Å²) in [4.78, 5) is 24.6. The van der Waals surface area contributed by atoms with Crippen LogP contribution < -0.4 is 5.32 Å². The van der Waals surface area contributed by atoms with Crippen molar-refractivity contribution in [3.63, 3.8) is 0 Å². The molecule has 0 aromatic heterocycles. The second-order valence-corrected chi connectivity index (χ2v) is 10.2. The van der Waals surface area contributed by atoms with E-state index in [0.717, 1.165) is 22.7 Å². The molecule has 2 aromatic carbocycles. The molecule has 2 aromatic rings. The van der Waals surface area contributed by atoms with Gasteiger partial charge in [0.1, 0.15) is 4.90 Å². The van der Waals surface area contributed by atoms with Crippen LogP contribution in [-0.2, 0) is 29.8 Å². The third-order valence-electron chi connectivity index (χ3n) is 5.32. The zero-order valence-corrected chi connectivity index (χ0v) is 20.1. The average Bonchev–Trinajstić information content (AvgIpc) is 3.56. The van der Waals surface area contributed by atoms with Crippen LogP contribution in [0.4, 0.5) is 5.69 Å². The van der Waals surface area contributed by atoms with Crippen molar-refractivity contribution in [3.05, 3.63) is 58.1 Å². The maximum atomic E-state index is 13.0. The predicted molar refractivity (Wildman–Crippen MR) is 124 cm³/mol. The minimum Gasteiger partial charge on any atom is -0.465 e. The van der Waals surface area contributed by atoms with Gasteiger partial charge in [-0.2, -0.15) is 4.31 Å². The molecule has 0 saturated heterocycles. The number of halogens is 2. The van der Waals surface area contributed by atoms with Gasteiger partial charge >= 0.3 is 5.97 Å². The van der Waals surface area contributed by atoms with Crippen LogP contribution in [-0.4, -0.2) is 44.3 Å². The molecule has 3 rings (SSSR count). The quantitative estimate of drug-likeness (QED) is 0.521. The van der Waals surface area contributed by atoms with Gasteiger partial charge in [0, 0.05) is 17.3 Å². The lowest BCUT2D eigenvalue weighted by molar-refractivity contribution is -0.146. The molecule has 1 saturated carbocycles. The molecule has 0 heterocycles. The van der Waals surface area contributed by atoms with Crippen LogP contribution in [0.5, 0.6) is 0 Å². The third-order valence-corrected chi connectivity index (χ3v) is 7.96. The van der Waals surface area contributed by atoms with Gasteiger partial charge in [-0.1, -0.05) is 42.3 Å². The monoisotopic (exact) mass is 498 g/mol. The highest BCUT2D eigenvalue weighted by molar-refractivity contribution is 7.89. The van der Waals surface area contributed by atoms with Crippen molar-refractivity contribution in [3.8, 4) is 0 Å². The summed E-state index contributed by atoms with van der Waals surface area (Å²) >= 11 is 12.0. The molecular formula is C22H24Cl2N2O5S. The van der Waals surface area contributed by atoms with Crippen LogP contribution in [0.3, 0.4) is 0 Å². The molecule has 0 aliphatic heterocycles. The molecule has 0 radical (unpaired) electrons. The molecular weight excluding hydrogens is 475 g/mol. The average molecular weight is 499 g/mol. The molecule has 1 aliphatic rings. The van der Waals surface area contributed by atoms with Crippen LogP contribution >= 0.6 is 23.2 Å². The standard InChI is InChI=1S/C22H24Cl2N2O5S/c1-3-26(32(29,30)19-13-16(23)7-10-18(19)24)14-20(27)25-17-8-5-15(6-9-17)22(11-12-22)21(28)31-4-2/h5-10,13H,3-4,11-12,14H2,1-2H3,(H,25,27). The maximum absolute atomic E-state index is 13.0. The Kier molecular flexibility index (Phi) is 7.50. The summed E-state index contributed by atoms with van der Waals surface area (Å²) in [7, 11) is -4.02. The summed E-state index contributed by atoms with van der Waals surface area (Å²) in [5, 5.41) is 2.94. The van der Waals surface area contributed by atoms with Crippen molar-refractivity contribution in [2.45, 2.75) is 37.0 Å². The van der Waals surface area contributed by atoms with E-state index in [4.69, 9.17) is 27.9 Å². The molecule has 7 nitrogen and oxygen atoms in total. The number of hydrogen-bond acceptors (Lipinski definition) is 5. The molecule has 1 N–H and O–H groups in total. The molecule has 0 unspecified atom stereocenters. The molecule has 1 amide bonds. The number of amides is 1. The molecule has 32 heavy (non-hydrogen) atoms. The molecule has 0 spiro atoms. The Morgan fingerprint density at radius 2 is 1.75 bits per heavy atom. The van der Waals surface area contributed by atoms with Crippen molar-refractivity contribution < 1.29 is 22.7 Å². The number of anilines is 1. The van der Waals surface area contributed by atoms with Gasteiger partial charge in [-0.05, 0) is 55.7 Å². The second-order valence-electron chi connectivity index (χ2n) is 7.43. The summed E-state index contributed by atoms with van der Waals surface area (Å²) in [5.41, 5.74) is 0.733. The van der Waals surface area contributed by atoms with Crippen LogP contribution in [0.2, 0.25) is 10.0 Å². The first-order valence-electron chi connectivity index (χ1n) is 10.2. The molecule has 0 bridgehead atoms. The number of esters is 1. The Labute approximate surface area is 197 Å². The van der Waals surface area contributed by atoms with E-state index < -0.39 is 27.9 Å². The maximum Gasteiger partial charge on any atom is 0.316 e. The predicted octanol–water partition coefficient (Wildman–Crippen LogP) is 4.24. The normalized spacial score (nSPS) is 14.8. The Bertz CT molecular complexity index is 1120. The van der Waals surface area contributed by atoms with Crippen LogP contribution in [0.15, 0.2) is 47.4 Å². The third kappa shape index (κ3) is 5.09. The van der Waals surface area contributed by atoms with E-state index in [9.17, 15) is 18.0 Å². The van der Waals surface area contributed by atoms with Crippen molar-refractivity contribution in [2.75, 3.05) is 25.0 Å². The van der Waals surface area contributed by atoms with Crippen LogP contribution in [0.25, 0.3) is 0 Å². The molecule has 1 aliphatic carbocycles. The van der Waals surface area contributed by atoms with Gasteiger partial charge in [0.15, 0.2) is 0 Å². The van der Waals surface area contributed by atoms with Crippen LogP contribution in [0.1, 0.15) is 32.3 Å². The number of carbonyl (C=O) groups excluding carboxylic acids is 2. The number of likely N-dealkylation sites (N-methyl/N-ethyl adjacent to an activating group) is 1. The zero-order valence-electron chi connectivity index (χ0n) is 17.7. The largest absolute Gasteiger partial charge is 0.465 e. The minimum absolute atomic E-state index is 0.0273. The Hall–Kier alpha value is -2.13. The summed E-state index contributed by atoms with van der Waals surface area (Å²) in [5.74, 6) is -0.742. The lowest BCUT2D eigenvalue weighted by atomic mass is 9.96. The molecule has 0 atom stereocenters. The van der Waals surface area contributed by atoms with Crippen molar-refractivity contribution in [1.82, 2.24) is 4.31 Å². The summed E-state index contributed by atoms with van der Waals surface area (Å²) < 4.78 is 32.1. The summed E-state index contributed by atoms with van der Waals surface area (Å²) in [6, 6.07) is 11.1. The van der Waals surface area contributed by atoms with E-state index in [2.05, 4.69) is 5.32 Å². The first-order valence-corrected chi connectivity index (χ1v) is 12.4. The number of benzene rings is 2. The number of sulfonamides is 1. The summed E-state index contributed by atoms with van der Waals surface area (Å²) in [6.45, 7) is 3.40. The number of nitrogens with zero attached hydrogens (tertiary/aromatic N) is 1. The highest BCUT2D eigenvalue weighted by atomic mass is 35.5. The van der Waals surface area contributed by atoms with Gasteiger partial charge < -0.3 is 10.1 Å². The first-order chi connectivity index (χ1) is 15.1. The number of hydrogen-bond donors (Lipinski definition) is 1. The fraction of sp³-hybridized carbons (Fsp3) is 0.364. The van der Waals surface area contributed by atoms with Gasteiger partial charge in [-0.25, -0.2) is 8.42 Å². The van der Waals surface area contributed by atoms with Gasteiger partial charge in [-0.15, -0.1) is 0 Å². The first kappa shape index (κ1) is 24.5. The van der Waals surface area contributed by atoms with E-state index in [1.807, 2.05) is 0 Å². The van der Waals surface area contributed by atoms with Crippen molar-refractivity contribution in [1.29, 1.82) is 0 Å². The molecule has 10 heteroatoms. The number of carbonyl (C=O) groups is 2. The smallest absolute Gasteiger partial charge is 0.316 e. The number of ether oxygens (including phenoxy) is 1. The van der Waals surface area contributed by atoms with Gasteiger partial charge in [0.25, 0.3) is 0 Å². The highest BCUT2D eigenvalue weighted by Gasteiger charge is 2.52. The number of nitrogens with one attached hydrogen (secondary N) is 1. The van der Waals surface area contributed by atoms with Gasteiger partial charge in [0.2, 0.25) is 15.9 Å². The lowest BCUT2D eigenvalue weighted by Gasteiger charge is -2.21. The lowest BCUT2D eigenvalue weighted by Crippen LogP contribution is -2.38. The number of rotatable bonds is 9. The topological polar surface area (TPSA) is 92.8 Å². The molecule has 1 fully saturated rings. The summed E-state index contributed by atoms with van der Waals surface area (Å²) in [6.07, 6.45) is 1.46. The molecule has 172 valence electrons. The van der Waals surface area contributed by atoms with E-state index in [1.165, 1.54) is 18.2 Å². The van der Waals surface area contributed by atoms with Gasteiger partial charge in [0.05, 0.1) is 23.6 Å². The van der Waals surface area contributed by atoms with Crippen LogP contribution in [0, 0.1) is 0 Å². The fourth-order valence-electron chi connectivity index (χ4n) is 3.42. The van der Waals surface area contributed by atoms with Gasteiger partial charge in [-0.3, -0.25) is 9.59 Å². The van der Waals surface area contributed by atoms with Crippen molar-refractivity contribution >= 4 is 50.8 Å². The Morgan fingerprint density at radius 3 is 2.31 bits per heavy atom. The highest BCUT2D eigenvalue weighted by Crippen LogP contribution is 2.49. The SMILES string of the molecule is CCOC(=O)C1(c2ccc(NC(=O)CN(CC)S(=O)(=O)c3cc(Cl)ccc3Cl)cc2)CC1. The second kappa shape index (κ2) is 9.79. The Balaban J connectivity index is 1.69. The van der Waals surface area contributed by atoms with Crippen molar-refractivity contribution in [2.24, 2.45) is 0 Å². The zero-order chi connectivity index (χ0) is 23.5. The fourth-order valence-corrected chi connectivity index (χ4v) is 5.56. The minimum atomic E-state index is -4.02. The Morgan fingerprint density at radius 1 is 1.09 bits per heavy atom. The van der Waals surface area contributed by atoms with E-state index in [-0.39, 0.29) is 27.5 Å². The van der Waals surface area contributed by atoms with E-state index in [1.54, 1.807) is 38.1 Å². The van der Waals surface area contributed by atoms with E-state index >= 15 is 0 Å².